The second-order valence-electron chi connectivity index (χ2n) is 6.97. The molecule has 118 valence electrons. The second-order valence-corrected chi connectivity index (χ2v) is 6.97. The summed E-state index contributed by atoms with van der Waals surface area (Å²) in [4.78, 5) is 2.70. The summed E-state index contributed by atoms with van der Waals surface area (Å²) in [5.41, 5.74) is 4.27. The third-order valence-electron chi connectivity index (χ3n) is 4.66. The third-order valence-corrected chi connectivity index (χ3v) is 4.66. The molecule has 0 heterocycles. The van der Waals surface area contributed by atoms with Gasteiger partial charge in [0.1, 0.15) is 0 Å². The molecule has 1 aromatic rings. The van der Waals surface area contributed by atoms with Gasteiger partial charge in [-0.2, -0.15) is 0 Å². The summed E-state index contributed by atoms with van der Waals surface area (Å²) >= 11 is 0. The Morgan fingerprint density at radius 3 is 2.52 bits per heavy atom. The molecule has 0 unspecified atom stereocenters. The lowest BCUT2D eigenvalue weighted by molar-refractivity contribution is 0.528. The van der Waals surface area contributed by atoms with Crippen LogP contribution in [0, 0.1) is 12.8 Å². The van der Waals surface area contributed by atoms with E-state index >= 15 is 0 Å². The normalized spacial score (nSPS) is 15.9. The van der Waals surface area contributed by atoms with Crippen molar-refractivity contribution in [3.05, 3.63) is 29.3 Å². The number of benzene rings is 1. The maximum absolute atomic E-state index is 3.24. The van der Waals surface area contributed by atoms with E-state index in [2.05, 4.69) is 49.2 Å². The fraction of sp³-hybridized carbons (Fsp3) is 0.684. The molecule has 21 heavy (non-hydrogen) atoms. The largest absolute Gasteiger partial charge is 0.368 e. The van der Waals surface area contributed by atoms with Gasteiger partial charge in [0.25, 0.3) is 0 Å². The van der Waals surface area contributed by atoms with E-state index in [0.717, 1.165) is 18.5 Å². The zero-order valence-corrected chi connectivity index (χ0v) is 14.3. The summed E-state index contributed by atoms with van der Waals surface area (Å²) < 4.78 is 0. The van der Waals surface area contributed by atoms with Crippen LogP contribution >= 0.6 is 0 Å². The molecular weight excluding hydrogens is 256 g/mol. The van der Waals surface area contributed by atoms with E-state index in [1.807, 2.05) is 7.05 Å². The molecule has 0 amide bonds. The highest BCUT2D eigenvalue weighted by Gasteiger charge is 2.23. The van der Waals surface area contributed by atoms with E-state index in [1.54, 1.807) is 0 Å². The van der Waals surface area contributed by atoms with E-state index in [0.29, 0.717) is 0 Å². The second kappa shape index (κ2) is 7.84. The highest BCUT2D eigenvalue weighted by molar-refractivity contribution is 5.55. The molecule has 1 saturated carbocycles. The monoisotopic (exact) mass is 288 g/mol. The van der Waals surface area contributed by atoms with Crippen LogP contribution in [-0.2, 0) is 6.54 Å². The fourth-order valence-corrected chi connectivity index (χ4v) is 3.47. The molecule has 2 rings (SSSR count). The first-order valence-corrected chi connectivity index (χ1v) is 8.62. The number of hydrogen-bond acceptors (Lipinski definition) is 2. The summed E-state index contributed by atoms with van der Waals surface area (Å²) in [7, 11) is 2.01. The van der Waals surface area contributed by atoms with Crippen LogP contribution < -0.4 is 10.2 Å². The molecule has 2 nitrogen and oxygen atoms in total. The van der Waals surface area contributed by atoms with Crippen LogP contribution in [0.25, 0.3) is 0 Å². The lowest BCUT2D eigenvalue weighted by Crippen LogP contribution is -2.35. The minimum Gasteiger partial charge on any atom is -0.368 e. The Bertz CT molecular complexity index is 433. The minimum absolute atomic E-state index is 0.762. The van der Waals surface area contributed by atoms with Gasteiger partial charge >= 0.3 is 0 Å². The maximum Gasteiger partial charge on any atom is 0.0398 e. The third kappa shape index (κ3) is 4.47. The van der Waals surface area contributed by atoms with Gasteiger partial charge in [-0.1, -0.05) is 38.8 Å². The van der Waals surface area contributed by atoms with Crippen molar-refractivity contribution >= 4 is 5.69 Å². The highest BCUT2D eigenvalue weighted by atomic mass is 15.2. The van der Waals surface area contributed by atoms with Crippen LogP contribution in [0.2, 0.25) is 0 Å². The van der Waals surface area contributed by atoms with Gasteiger partial charge in [-0.3, -0.25) is 0 Å². The molecular formula is C19H32N2. The van der Waals surface area contributed by atoms with Gasteiger partial charge in [-0.15, -0.1) is 0 Å². The number of aryl methyl sites for hydroxylation is 1. The first-order chi connectivity index (χ1) is 10.1. The van der Waals surface area contributed by atoms with Crippen LogP contribution in [0.1, 0.15) is 57.1 Å². The SMILES string of the molecule is CNCc1ccc(N(CCC(C)C)C2CCCC2)c(C)c1. The Morgan fingerprint density at radius 1 is 1.24 bits per heavy atom. The fourth-order valence-electron chi connectivity index (χ4n) is 3.47. The molecule has 0 radical (unpaired) electrons. The molecule has 1 aliphatic carbocycles. The summed E-state index contributed by atoms with van der Waals surface area (Å²) in [6, 6.07) is 7.75. The van der Waals surface area contributed by atoms with Crippen molar-refractivity contribution in [3.8, 4) is 0 Å². The molecule has 1 aromatic carbocycles. The molecule has 1 N–H and O–H groups in total. The van der Waals surface area contributed by atoms with Crippen molar-refractivity contribution in [3.63, 3.8) is 0 Å². The predicted molar refractivity (Wildman–Crippen MR) is 93.0 cm³/mol. The molecule has 0 spiro atoms. The van der Waals surface area contributed by atoms with Crippen molar-refractivity contribution in [1.82, 2.24) is 5.32 Å². The summed E-state index contributed by atoms with van der Waals surface area (Å²) in [6.07, 6.45) is 6.83. The number of nitrogens with zero attached hydrogens (tertiary/aromatic N) is 1. The standard InChI is InChI=1S/C19H32N2/c1-15(2)11-12-21(18-7-5-6-8-18)19-10-9-17(14-20-4)13-16(19)3/h9-10,13,15,18,20H,5-8,11-12,14H2,1-4H3. The molecule has 0 atom stereocenters. The quantitative estimate of drug-likeness (QED) is 0.794. The minimum atomic E-state index is 0.762. The first kappa shape index (κ1) is 16.4. The number of nitrogens with one attached hydrogen (secondary N) is 1. The lowest BCUT2D eigenvalue weighted by Gasteiger charge is -2.33. The smallest absolute Gasteiger partial charge is 0.0398 e. The van der Waals surface area contributed by atoms with Crippen LogP contribution in [0.5, 0.6) is 0 Å². The van der Waals surface area contributed by atoms with Gasteiger partial charge in [-0.05, 0) is 56.3 Å². The van der Waals surface area contributed by atoms with Crippen LogP contribution in [0.3, 0.4) is 0 Å². The summed E-state index contributed by atoms with van der Waals surface area (Å²) in [5, 5.41) is 3.24. The van der Waals surface area contributed by atoms with E-state index in [-0.39, 0.29) is 0 Å². The van der Waals surface area contributed by atoms with Gasteiger partial charge in [0.15, 0.2) is 0 Å². The van der Waals surface area contributed by atoms with Crippen LogP contribution in [0.15, 0.2) is 18.2 Å². The maximum atomic E-state index is 3.24. The highest BCUT2D eigenvalue weighted by Crippen LogP contribution is 2.31. The first-order valence-electron chi connectivity index (χ1n) is 8.62. The lowest BCUT2D eigenvalue weighted by atomic mass is 10.0. The summed E-state index contributed by atoms with van der Waals surface area (Å²) in [5.74, 6) is 0.776. The Balaban J connectivity index is 2.18. The number of hydrogen-bond donors (Lipinski definition) is 1. The van der Waals surface area contributed by atoms with Gasteiger partial charge in [-0.25, -0.2) is 0 Å². The summed E-state index contributed by atoms with van der Waals surface area (Å²) in [6.45, 7) is 9.09. The van der Waals surface area contributed by atoms with Crippen molar-refractivity contribution in [2.24, 2.45) is 5.92 Å². The Kier molecular flexibility index (Phi) is 6.10. The molecule has 0 aliphatic heterocycles. The van der Waals surface area contributed by atoms with E-state index < -0.39 is 0 Å². The van der Waals surface area contributed by atoms with Gasteiger partial charge in [0.2, 0.25) is 0 Å². The zero-order chi connectivity index (χ0) is 15.2. The van der Waals surface area contributed by atoms with E-state index in [4.69, 9.17) is 0 Å². The molecule has 0 saturated heterocycles. The number of rotatable bonds is 7. The molecule has 2 heteroatoms. The molecule has 0 aromatic heterocycles. The Labute approximate surface area is 130 Å². The average Bonchev–Trinajstić information content (AvgIpc) is 2.95. The average molecular weight is 288 g/mol. The zero-order valence-electron chi connectivity index (χ0n) is 14.3. The molecule has 1 fully saturated rings. The van der Waals surface area contributed by atoms with Crippen molar-refractivity contribution < 1.29 is 0 Å². The Hall–Kier alpha value is -1.02. The van der Waals surface area contributed by atoms with Crippen LogP contribution in [0.4, 0.5) is 5.69 Å². The molecule has 1 aliphatic rings. The van der Waals surface area contributed by atoms with E-state index in [1.165, 1.54) is 55.5 Å². The van der Waals surface area contributed by atoms with Gasteiger partial charge in [0.05, 0.1) is 0 Å². The van der Waals surface area contributed by atoms with E-state index in [9.17, 15) is 0 Å². The molecule has 0 bridgehead atoms. The topological polar surface area (TPSA) is 15.3 Å². The van der Waals surface area contributed by atoms with Crippen molar-refractivity contribution in [2.75, 3.05) is 18.5 Å². The Morgan fingerprint density at radius 2 is 1.95 bits per heavy atom. The van der Waals surface area contributed by atoms with Crippen molar-refractivity contribution in [1.29, 1.82) is 0 Å². The van der Waals surface area contributed by atoms with Crippen molar-refractivity contribution in [2.45, 2.75) is 65.5 Å². The van der Waals surface area contributed by atoms with Crippen LogP contribution in [-0.4, -0.2) is 19.6 Å². The number of anilines is 1. The van der Waals surface area contributed by atoms with Gasteiger partial charge in [0, 0.05) is 24.8 Å². The van der Waals surface area contributed by atoms with Gasteiger partial charge < -0.3 is 10.2 Å². The predicted octanol–water partition coefficient (Wildman–Crippen LogP) is 4.51.